The van der Waals surface area contributed by atoms with Gasteiger partial charge in [-0.05, 0) is 53.8 Å². The molecule has 0 aliphatic heterocycles. The molecular weight excluding hydrogens is 304 g/mol. The SMILES string of the molecule is Cc1ccc(S(=O)(=O)c2cccc3c2Cc2ccccc2-3)cc1. The molecule has 0 amide bonds. The highest BCUT2D eigenvalue weighted by atomic mass is 32.2. The molecule has 0 unspecified atom stereocenters. The van der Waals surface area contributed by atoms with Crippen LogP contribution in [0.4, 0.5) is 0 Å². The Morgan fingerprint density at radius 3 is 2.26 bits per heavy atom. The van der Waals surface area contributed by atoms with E-state index in [0.717, 1.165) is 22.3 Å². The van der Waals surface area contributed by atoms with Gasteiger partial charge in [0.1, 0.15) is 0 Å². The molecule has 4 rings (SSSR count). The second-order valence-corrected chi connectivity index (χ2v) is 7.85. The van der Waals surface area contributed by atoms with Crippen molar-refractivity contribution >= 4 is 9.84 Å². The fraction of sp³-hybridized carbons (Fsp3) is 0.100. The molecule has 0 N–H and O–H groups in total. The van der Waals surface area contributed by atoms with Crippen molar-refractivity contribution in [2.45, 2.75) is 23.1 Å². The van der Waals surface area contributed by atoms with Gasteiger partial charge in [-0.3, -0.25) is 0 Å². The van der Waals surface area contributed by atoms with Crippen molar-refractivity contribution < 1.29 is 8.42 Å². The highest BCUT2D eigenvalue weighted by Crippen LogP contribution is 2.40. The van der Waals surface area contributed by atoms with Gasteiger partial charge in [-0.1, -0.05) is 54.1 Å². The Morgan fingerprint density at radius 2 is 1.48 bits per heavy atom. The second-order valence-electron chi connectivity index (χ2n) is 5.93. The van der Waals surface area contributed by atoms with E-state index in [1.807, 2.05) is 43.3 Å². The van der Waals surface area contributed by atoms with Gasteiger partial charge in [-0.2, -0.15) is 0 Å². The molecule has 1 aliphatic carbocycles. The average Bonchev–Trinajstić information content (AvgIpc) is 2.93. The van der Waals surface area contributed by atoms with E-state index in [1.165, 1.54) is 5.56 Å². The molecule has 114 valence electrons. The highest BCUT2D eigenvalue weighted by molar-refractivity contribution is 7.91. The summed E-state index contributed by atoms with van der Waals surface area (Å²) in [6, 6.07) is 20.7. The standard InChI is InChI=1S/C20H16O2S/c1-14-9-11-16(12-10-14)23(21,22)20-8-4-7-18-17-6-3-2-5-15(17)13-19(18)20/h2-12H,13H2,1H3. The Hall–Kier alpha value is -2.39. The third-order valence-corrected chi connectivity index (χ3v) is 6.28. The summed E-state index contributed by atoms with van der Waals surface area (Å²) in [4.78, 5) is 0.780. The molecular formula is C20H16O2S. The molecule has 0 atom stereocenters. The van der Waals surface area contributed by atoms with E-state index in [2.05, 4.69) is 12.1 Å². The van der Waals surface area contributed by atoms with Gasteiger partial charge in [-0.25, -0.2) is 8.42 Å². The molecule has 3 aromatic carbocycles. The maximum atomic E-state index is 13.1. The summed E-state index contributed by atoms with van der Waals surface area (Å²) in [7, 11) is -3.50. The number of sulfone groups is 1. The fourth-order valence-electron chi connectivity index (χ4n) is 3.22. The van der Waals surface area contributed by atoms with Gasteiger partial charge in [0.25, 0.3) is 0 Å². The van der Waals surface area contributed by atoms with Crippen molar-refractivity contribution in [3.05, 3.63) is 83.4 Å². The Bertz CT molecular complexity index is 1000. The Labute approximate surface area is 136 Å². The van der Waals surface area contributed by atoms with Gasteiger partial charge in [0.2, 0.25) is 9.84 Å². The van der Waals surface area contributed by atoms with Crippen LogP contribution in [0.3, 0.4) is 0 Å². The molecule has 0 saturated heterocycles. The van der Waals surface area contributed by atoms with Crippen molar-refractivity contribution in [2.75, 3.05) is 0 Å². The van der Waals surface area contributed by atoms with E-state index < -0.39 is 9.84 Å². The van der Waals surface area contributed by atoms with Crippen LogP contribution >= 0.6 is 0 Å². The summed E-state index contributed by atoms with van der Waals surface area (Å²) in [5, 5.41) is 0. The molecule has 0 radical (unpaired) electrons. The third-order valence-electron chi connectivity index (χ3n) is 4.43. The van der Waals surface area contributed by atoms with Crippen LogP contribution in [-0.4, -0.2) is 8.42 Å². The van der Waals surface area contributed by atoms with Gasteiger partial charge in [0, 0.05) is 0 Å². The van der Waals surface area contributed by atoms with Crippen molar-refractivity contribution in [2.24, 2.45) is 0 Å². The van der Waals surface area contributed by atoms with Crippen molar-refractivity contribution in [1.29, 1.82) is 0 Å². The highest BCUT2D eigenvalue weighted by Gasteiger charge is 2.27. The first-order valence-corrected chi connectivity index (χ1v) is 9.07. The molecule has 1 aliphatic rings. The molecule has 0 fully saturated rings. The van der Waals surface area contributed by atoms with E-state index in [0.29, 0.717) is 16.2 Å². The quantitative estimate of drug-likeness (QED) is 0.548. The van der Waals surface area contributed by atoms with E-state index in [4.69, 9.17) is 0 Å². The zero-order valence-electron chi connectivity index (χ0n) is 12.8. The predicted molar refractivity (Wildman–Crippen MR) is 91.3 cm³/mol. The molecule has 0 heterocycles. The maximum Gasteiger partial charge on any atom is 0.206 e. The van der Waals surface area contributed by atoms with Crippen LogP contribution in [0.2, 0.25) is 0 Å². The molecule has 0 aromatic heterocycles. The number of hydrogen-bond acceptors (Lipinski definition) is 2. The number of fused-ring (bicyclic) bond motifs is 3. The van der Waals surface area contributed by atoms with E-state index in [1.54, 1.807) is 18.2 Å². The number of aryl methyl sites for hydroxylation is 1. The summed E-state index contributed by atoms with van der Waals surface area (Å²) in [5.74, 6) is 0. The van der Waals surface area contributed by atoms with Gasteiger partial charge in [0.15, 0.2) is 0 Å². The Balaban J connectivity index is 1.91. The topological polar surface area (TPSA) is 34.1 Å². The van der Waals surface area contributed by atoms with Crippen LogP contribution in [0.25, 0.3) is 11.1 Å². The molecule has 0 bridgehead atoms. The van der Waals surface area contributed by atoms with Crippen molar-refractivity contribution in [3.63, 3.8) is 0 Å². The summed E-state index contributed by atoms with van der Waals surface area (Å²) in [6.07, 6.45) is 0.673. The van der Waals surface area contributed by atoms with E-state index in [-0.39, 0.29) is 0 Å². The summed E-state index contributed by atoms with van der Waals surface area (Å²) in [6.45, 7) is 1.95. The smallest absolute Gasteiger partial charge is 0.206 e. The van der Waals surface area contributed by atoms with E-state index >= 15 is 0 Å². The summed E-state index contributed by atoms with van der Waals surface area (Å²) < 4.78 is 26.1. The monoisotopic (exact) mass is 320 g/mol. The molecule has 3 heteroatoms. The Kier molecular flexibility index (Phi) is 3.13. The number of rotatable bonds is 2. The van der Waals surface area contributed by atoms with Gasteiger partial charge in [-0.15, -0.1) is 0 Å². The van der Waals surface area contributed by atoms with Crippen LogP contribution in [0.5, 0.6) is 0 Å². The van der Waals surface area contributed by atoms with Crippen molar-refractivity contribution in [3.8, 4) is 11.1 Å². The lowest BCUT2D eigenvalue weighted by Crippen LogP contribution is -2.05. The molecule has 0 saturated carbocycles. The zero-order chi connectivity index (χ0) is 16.0. The largest absolute Gasteiger partial charge is 0.219 e. The maximum absolute atomic E-state index is 13.1. The molecule has 23 heavy (non-hydrogen) atoms. The lowest BCUT2D eigenvalue weighted by Gasteiger charge is -2.10. The van der Waals surface area contributed by atoms with Crippen LogP contribution < -0.4 is 0 Å². The summed E-state index contributed by atoms with van der Waals surface area (Å²) in [5.41, 5.74) is 5.33. The predicted octanol–water partition coefficient (Wildman–Crippen LogP) is 4.40. The summed E-state index contributed by atoms with van der Waals surface area (Å²) >= 11 is 0. The Morgan fingerprint density at radius 1 is 0.783 bits per heavy atom. The first kappa shape index (κ1) is 14.2. The minimum atomic E-state index is -3.50. The van der Waals surface area contributed by atoms with Gasteiger partial charge < -0.3 is 0 Å². The molecule has 2 nitrogen and oxygen atoms in total. The minimum absolute atomic E-state index is 0.354. The number of hydrogen-bond donors (Lipinski definition) is 0. The normalized spacial score (nSPS) is 12.7. The number of benzene rings is 3. The van der Waals surface area contributed by atoms with Crippen LogP contribution in [0.15, 0.2) is 76.5 Å². The van der Waals surface area contributed by atoms with Crippen molar-refractivity contribution in [1.82, 2.24) is 0 Å². The lowest BCUT2D eigenvalue weighted by molar-refractivity contribution is 0.595. The van der Waals surface area contributed by atoms with Crippen LogP contribution in [-0.2, 0) is 16.3 Å². The van der Waals surface area contributed by atoms with Gasteiger partial charge in [0.05, 0.1) is 9.79 Å². The minimum Gasteiger partial charge on any atom is -0.219 e. The zero-order valence-corrected chi connectivity index (χ0v) is 13.6. The average molecular weight is 320 g/mol. The van der Waals surface area contributed by atoms with E-state index in [9.17, 15) is 8.42 Å². The lowest BCUT2D eigenvalue weighted by atomic mass is 10.1. The fourth-order valence-corrected chi connectivity index (χ4v) is 4.74. The molecule has 0 spiro atoms. The first-order valence-electron chi connectivity index (χ1n) is 7.59. The third kappa shape index (κ3) is 2.20. The second kappa shape index (κ2) is 5.07. The van der Waals surface area contributed by atoms with Crippen LogP contribution in [0.1, 0.15) is 16.7 Å². The van der Waals surface area contributed by atoms with Crippen LogP contribution in [0, 0.1) is 6.92 Å². The molecule has 3 aromatic rings. The first-order chi connectivity index (χ1) is 11.1. The van der Waals surface area contributed by atoms with Gasteiger partial charge >= 0.3 is 0 Å².